The molecule has 150 valence electrons. The van der Waals surface area contributed by atoms with Crippen molar-refractivity contribution in [1.82, 2.24) is 19.0 Å². The van der Waals surface area contributed by atoms with Crippen LogP contribution in [0.2, 0.25) is 0 Å². The molecular weight excluding hydrogens is 368 g/mol. The molecule has 4 rings (SSSR count). The highest BCUT2D eigenvalue weighted by atomic mass is 32.2. The number of piperidine rings is 1. The van der Waals surface area contributed by atoms with Crippen LogP contribution in [0.15, 0.2) is 10.9 Å². The molecule has 2 aliphatic heterocycles. The minimum Gasteiger partial charge on any atom is -0.387 e. The standard InChI is InChI=1S/C18H28N4O4S/c1-27(25,26)21-7-3-6-18(24,13-21)12-20-9-14(10-20)11-22-17(23)8-15-4-2-5-16(15)19-22/h8,14,24H,2-7,9-13H2,1H3. The van der Waals surface area contributed by atoms with Gasteiger partial charge in [-0.05, 0) is 37.7 Å². The van der Waals surface area contributed by atoms with Gasteiger partial charge in [0.2, 0.25) is 10.0 Å². The van der Waals surface area contributed by atoms with Gasteiger partial charge in [-0.15, -0.1) is 0 Å². The molecular formula is C18H28N4O4S. The maximum atomic E-state index is 12.2. The number of aliphatic hydroxyl groups is 1. The number of rotatable bonds is 5. The molecule has 0 aromatic carbocycles. The molecule has 0 spiro atoms. The van der Waals surface area contributed by atoms with E-state index < -0.39 is 15.6 Å². The maximum Gasteiger partial charge on any atom is 0.267 e. The Labute approximate surface area is 159 Å². The predicted octanol–water partition coefficient (Wildman–Crippen LogP) is -0.550. The number of hydrogen-bond acceptors (Lipinski definition) is 6. The van der Waals surface area contributed by atoms with Crippen LogP contribution in [-0.4, -0.2) is 77.1 Å². The van der Waals surface area contributed by atoms with E-state index in [0.717, 1.165) is 43.6 Å². The highest BCUT2D eigenvalue weighted by Gasteiger charge is 2.40. The van der Waals surface area contributed by atoms with Crippen LogP contribution in [0.3, 0.4) is 0 Å². The number of nitrogens with zero attached hydrogens (tertiary/aromatic N) is 4. The fourth-order valence-electron chi connectivity index (χ4n) is 4.64. The number of fused-ring (bicyclic) bond motifs is 1. The lowest BCUT2D eigenvalue weighted by Gasteiger charge is -2.46. The first-order valence-corrected chi connectivity index (χ1v) is 11.6. The molecule has 1 aromatic heterocycles. The summed E-state index contributed by atoms with van der Waals surface area (Å²) in [5, 5.41) is 15.4. The number of likely N-dealkylation sites (tertiary alicyclic amines) is 1. The van der Waals surface area contributed by atoms with Gasteiger partial charge in [0.15, 0.2) is 0 Å². The number of hydrogen-bond donors (Lipinski definition) is 1. The number of aryl methyl sites for hydroxylation is 2. The van der Waals surface area contributed by atoms with Gasteiger partial charge in [0.05, 0.1) is 24.1 Å². The fourth-order valence-corrected chi connectivity index (χ4v) is 5.57. The average Bonchev–Trinajstić information content (AvgIpc) is 2.99. The van der Waals surface area contributed by atoms with Crippen molar-refractivity contribution in [2.75, 3.05) is 39.0 Å². The second-order valence-electron chi connectivity index (χ2n) is 8.47. The largest absolute Gasteiger partial charge is 0.387 e. The Balaban J connectivity index is 1.32. The monoisotopic (exact) mass is 396 g/mol. The maximum absolute atomic E-state index is 12.2. The van der Waals surface area contributed by atoms with Crippen molar-refractivity contribution in [2.45, 2.75) is 44.2 Å². The van der Waals surface area contributed by atoms with Crippen LogP contribution in [0.1, 0.15) is 30.5 Å². The van der Waals surface area contributed by atoms with Gasteiger partial charge in [-0.2, -0.15) is 9.40 Å². The number of β-amino-alcohol motifs (C(OH)–C–C–N with tert-alkyl or cyclic N) is 1. The Morgan fingerprint density at radius 3 is 2.81 bits per heavy atom. The lowest BCUT2D eigenvalue weighted by molar-refractivity contribution is -0.0612. The summed E-state index contributed by atoms with van der Waals surface area (Å²) in [6.45, 7) is 3.33. The molecule has 8 nitrogen and oxygen atoms in total. The van der Waals surface area contributed by atoms with E-state index in [0.29, 0.717) is 38.4 Å². The van der Waals surface area contributed by atoms with Crippen LogP contribution in [0.5, 0.6) is 0 Å². The van der Waals surface area contributed by atoms with Crippen molar-refractivity contribution >= 4 is 10.0 Å². The molecule has 1 unspecified atom stereocenters. The highest BCUT2D eigenvalue weighted by Crippen LogP contribution is 2.27. The molecule has 3 aliphatic rings. The summed E-state index contributed by atoms with van der Waals surface area (Å²) in [7, 11) is -3.27. The molecule has 0 saturated carbocycles. The molecule has 2 fully saturated rings. The van der Waals surface area contributed by atoms with E-state index in [1.54, 1.807) is 10.7 Å². The summed E-state index contributed by atoms with van der Waals surface area (Å²) in [6, 6.07) is 1.73. The Bertz CT molecular complexity index is 878. The van der Waals surface area contributed by atoms with Crippen molar-refractivity contribution in [3.8, 4) is 0 Å². The molecule has 1 aromatic rings. The first-order valence-electron chi connectivity index (χ1n) is 9.72. The van der Waals surface area contributed by atoms with Gasteiger partial charge in [0, 0.05) is 44.7 Å². The molecule has 1 atom stereocenters. The summed E-state index contributed by atoms with van der Waals surface area (Å²) >= 11 is 0. The van der Waals surface area contributed by atoms with E-state index in [2.05, 4.69) is 10.00 Å². The van der Waals surface area contributed by atoms with Gasteiger partial charge >= 0.3 is 0 Å². The van der Waals surface area contributed by atoms with Crippen molar-refractivity contribution in [3.63, 3.8) is 0 Å². The molecule has 2 saturated heterocycles. The lowest BCUT2D eigenvalue weighted by Crippen LogP contribution is -2.60. The summed E-state index contributed by atoms with van der Waals surface area (Å²) < 4.78 is 26.5. The number of aromatic nitrogens is 2. The second kappa shape index (κ2) is 6.95. The Kier molecular flexibility index (Phi) is 4.90. The van der Waals surface area contributed by atoms with E-state index in [1.165, 1.54) is 10.6 Å². The van der Waals surface area contributed by atoms with Crippen molar-refractivity contribution in [1.29, 1.82) is 0 Å². The molecule has 1 N–H and O–H groups in total. The number of sulfonamides is 1. The molecule has 1 aliphatic carbocycles. The van der Waals surface area contributed by atoms with Crippen LogP contribution in [0, 0.1) is 5.92 Å². The van der Waals surface area contributed by atoms with E-state index in [4.69, 9.17) is 0 Å². The van der Waals surface area contributed by atoms with Crippen LogP contribution >= 0.6 is 0 Å². The topological polar surface area (TPSA) is 95.7 Å². The third-order valence-electron chi connectivity index (χ3n) is 6.00. The normalized spacial score (nSPS) is 27.5. The fraction of sp³-hybridized carbons (Fsp3) is 0.778. The Morgan fingerprint density at radius 1 is 1.30 bits per heavy atom. The molecule has 3 heterocycles. The van der Waals surface area contributed by atoms with E-state index in [1.807, 2.05) is 0 Å². The van der Waals surface area contributed by atoms with Gasteiger partial charge in [0.25, 0.3) is 5.56 Å². The van der Waals surface area contributed by atoms with Crippen molar-refractivity contribution in [2.24, 2.45) is 5.92 Å². The van der Waals surface area contributed by atoms with E-state index in [-0.39, 0.29) is 12.1 Å². The van der Waals surface area contributed by atoms with E-state index in [9.17, 15) is 18.3 Å². The van der Waals surface area contributed by atoms with Crippen LogP contribution < -0.4 is 5.56 Å². The zero-order chi connectivity index (χ0) is 19.2. The van der Waals surface area contributed by atoms with Crippen molar-refractivity contribution in [3.05, 3.63) is 27.7 Å². The third-order valence-corrected chi connectivity index (χ3v) is 7.24. The Hall–Kier alpha value is -1.29. The lowest BCUT2D eigenvalue weighted by atomic mass is 9.90. The first kappa shape index (κ1) is 19.0. The summed E-state index contributed by atoms with van der Waals surface area (Å²) in [5.74, 6) is 0.341. The zero-order valence-corrected chi connectivity index (χ0v) is 16.6. The van der Waals surface area contributed by atoms with Crippen LogP contribution in [-0.2, 0) is 29.4 Å². The third kappa shape index (κ3) is 4.11. The predicted molar refractivity (Wildman–Crippen MR) is 101 cm³/mol. The van der Waals surface area contributed by atoms with Crippen molar-refractivity contribution < 1.29 is 13.5 Å². The minimum absolute atomic E-state index is 0.0243. The molecule has 0 amide bonds. The summed E-state index contributed by atoms with van der Waals surface area (Å²) in [6.07, 6.45) is 5.47. The summed E-state index contributed by atoms with van der Waals surface area (Å²) in [4.78, 5) is 14.4. The molecule has 0 radical (unpaired) electrons. The molecule has 27 heavy (non-hydrogen) atoms. The quantitative estimate of drug-likeness (QED) is 0.718. The highest BCUT2D eigenvalue weighted by molar-refractivity contribution is 7.88. The minimum atomic E-state index is -3.27. The molecule has 0 bridgehead atoms. The van der Waals surface area contributed by atoms with Crippen LogP contribution in [0.25, 0.3) is 0 Å². The second-order valence-corrected chi connectivity index (χ2v) is 10.5. The Morgan fingerprint density at radius 2 is 2.07 bits per heavy atom. The van der Waals surface area contributed by atoms with Gasteiger partial charge in [-0.3, -0.25) is 9.69 Å². The zero-order valence-electron chi connectivity index (χ0n) is 15.8. The SMILES string of the molecule is CS(=O)(=O)N1CCCC(O)(CN2CC(Cn3nc4c(cc3=O)CCC4)C2)C1. The van der Waals surface area contributed by atoms with Crippen LogP contribution in [0.4, 0.5) is 0 Å². The average molecular weight is 397 g/mol. The molecule has 9 heteroatoms. The first-order chi connectivity index (χ1) is 12.7. The smallest absolute Gasteiger partial charge is 0.267 e. The van der Waals surface area contributed by atoms with Gasteiger partial charge in [0.1, 0.15) is 0 Å². The summed E-state index contributed by atoms with van der Waals surface area (Å²) in [5.41, 5.74) is 1.14. The van der Waals surface area contributed by atoms with Gasteiger partial charge in [-0.1, -0.05) is 0 Å². The van der Waals surface area contributed by atoms with E-state index >= 15 is 0 Å². The van der Waals surface area contributed by atoms with Gasteiger partial charge < -0.3 is 5.11 Å². The van der Waals surface area contributed by atoms with Gasteiger partial charge in [-0.25, -0.2) is 13.1 Å².